The average molecular weight is 1440 g/mol. The van der Waals surface area contributed by atoms with Crippen LogP contribution in [0.5, 0.6) is 0 Å². The van der Waals surface area contributed by atoms with Crippen molar-refractivity contribution in [3.8, 4) is 33.4 Å². The summed E-state index contributed by atoms with van der Waals surface area (Å²) in [5.41, 5.74) is 31.8. The van der Waals surface area contributed by atoms with E-state index in [9.17, 15) is 0 Å². The molecule has 9 N–H and O–H groups in total. The van der Waals surface area contributed by atoms with Crippen molar-refractivity contribution < 1.29 is 10.0 Å². The van der Waals surface area contributed by atoms with Crippen LogP contribution in [0, 0.1) is 20.8 Å². The Labute approximate surface area is 655 Å². The molecule has 566 valence electrons. The van der Waals surface area contributed by atoms with Crippen LogP contribution in [0.2, 0.25) is 0 Å². The van der Waals surface area contributed by atoms with E-state index in [1.807, 2.05) is 253 Å². The zero-order chi connectivity index (χ0) is 80.0. The molecule has 0 amide bonds. The number of nitrogens with one attached hydrogen (secondary N) is 1. The van der Waals surface area contributed by atoms with Crippen LogP contribution >= 0.6 is 0 Å². The molecular weight excluding hydrogens is 1310 g/mol. The number of nitrogens with two attached hydrogens (primary N) is 3. The number of hydrogen-bond acceptors (Lipinski definition) is 6. The molecule has 0 spiro atoms. The van der Waals surface area contributed by atoms with Crippen LogP contribution in [-0.2, 0) is 0 Å². The Morgan fingerprint density at radius 2 is 0.352 bits per heavy atom. The fourth-order valence-corrected chi connectivity index (χ4v) is 7.98. The molecule has 6 nitrogen and oxygen atoms in total. The highest BCUT2D eigenvalue weighted by molar-refractivity contribution is 6.58. The average Bonchev–Trinajstić information content (AvgIpc) is 0.908. The first-order valence-corrected chi connectivity index (χ1v) is 37.7. The molecule has 0 heterocycles. The molecule has 7 heteroatoms. The predicted octanol–water partition coefficient (Wildman–Crippen LogP) is 27.2. The molecule has 0 aliphatic rings. The summed E-state index contributed by atoms with van der Waals surface area (Å²) in [7, 11) is 0.571. The van der Waals surface area contributed by atoms with Crippen molar-refractivity contribution in [2.75, 3.05) is 29.6 Å². The third-order valence-corrected chi connectivity index (χ3v) is 13.0. The van der Waals surface area contributed by atoms with E-state index in [4.69, 9.17) is 27.2 Å². The van der Waals surface area contributed by atoms with Gasteiger partial charge in [-0.1, -0.05) is 481 Å². The topological polar surface area (TPSA) is 131 Å². The number of para-hydroxylation sites is 4. The van der Waals surface area contributed by atoms with Crippen LogP contribution in [0.1, 0.15) is 105 Å². The second kappa shape index (κ2) is 73.6. The van der Waals surface area contributed by atoms with Crippen LogP contribution < -0.4 is 28.0 Å². The summed E-state index contributed by atoms with van der Waals surface area (Å²) in [6.07, 6.45) is 3.75. The first-order chi connectivity index (χ1) is 52.7. The maximum Gasteiger partial charge on any atom is 0.488 e. The van der Waals surface area contributed by atoms with Gasteiger partial charge in [0.15, 0.2) is 0 Å². The normalized spacial score (nSPS) is 8.59. The van der Waals surface area contributed by atoms with E-state index >= 15 is 0 Å². The summed E-state index contributed by atoms with van der Waals surface area (Å²) < 4.78 is 0. The van der Waals surface area contributed by atoms with Crippen LogP contribution in [0.15, 0.2) is 425 Å². The highest BCUT2D eigenvalue weighted by Gasteiger charge is 2.07. The van der Waals surface area contributed by atoms with E-state index < -0.39 is 7.12 Å². The maximum atomic E-state index is 8.58. The Kier molecular flexibility index (Phi) is 67.0. The van der Waals surface area contributed by atoms with Gasteiger partial charge >= 0.3 is 7.12 Å². The summed E-state index contributed by atoms with van der Waals surface area (Å²) in [5, 5.41) is 20.2. The Morgan fingerprint density at radius 1 is 0.222 bits per heavy atom. The molecule has 14 rings (SSSR count). The minimum Gasteiger partial charge on any atom is -0.423 e. The molecule has 0 radical (unpaired) electrons. The minimum absolute atomic E-state index is 0.525. The van der Waals surface area contributed by atoms with E-state index in [1.165, 1.54) is 69.3 Å². The third-order valence-electron chi connectivity index (χ3n) is 13.0. The minimum atomic E-state index is -1.34. The third kappa shape index (κ3) is 58.6. The summed E-state index contributed by atoms with van der Waals surface area (Å²) >= 11 is 0. The van der Waals surface area contributed by atoms with Gasteiger partial charge in [0.05, 0.1) is 0 Å². The SMILES string of the molecule is CC.CC.CCC.CCC.CCC.CNc1ccccc1.Cc1ccccc1.Cc1ccccc1.Cc1ccccc1.Nc1ccccc1.Nc1ccccc1.Nc1ccccc1.OB(O)c1ccccc1.c1ccc(-c2ccccc2)cc1.c1ccc(-c2ccccc2)cc1.c1ccc(-c2ccccc2)cc1. The van der Waals surface area contributed by atoms with Crippen LogP contribution in [0.3, 0.4) is 0 Å². The number of anilines is 4. The van der Waals surface area contributed by atoms with Crippen LogP contribution in [0.25, 0.3) is 33.4 Å². The summed E-state index contributed by atoms with van der Waals surface area (Å²) in [6.45, 7) is 27.0. The number of hydrogen-bond donors (Lipinski definition) is 6. The van der Waals surface area contributed by atoms with Crippen LogP contribution in [0.4, 0.5) is 22.7 Å². The molecule has 14 aromatic rings. The summed E-state index contributed by atoms with van der Waals surface area (Å²) in [6, 6.07) is 140. The van der Waals surface area contributed by atoms with Crippen molar-refractivity contribution in [3.05, 3.63) is 441 Å². The molecule has 0 unspecified atom stereocenters. The lowest BCUT2D eigenvalue weighted by Gasteiger charge is -1.98. The van der Waals surface area contributed by atoms with Crippen molar-refractivity contribution in [1.29, 1.82) is 0 Å². The monoisotopic (exact) mass is 1440 g/mol. The number of benzene rings is 14. The van der Waals surface area contributed by atoms with Gasteiger partial charge in [-0.2, -0.15) is 0 Å². The number of aryl methyl sites for hydroxylation is 3. The molecule has 14 aromatic carbocycles. The first kappa shape index (κ1) is 98.3. The fourth-order valence-electron chi connectivity index (χ4n) is 7.98. The van der Waals surface area contributed by atoms with E-state index in [1.54, 1.807) is 24.3 Å². The van der Waals surface area contributed by atoms with Gasteiger partial charge in [0.2, 0.25) is 0 Å². The quantitative estimate of drug-likeness (QED) is 0.0752. The Hall–Kier alpha value is -11.7. The van der Waals surface area contributed by atoms with Crippen molar-refractivity contribution in [2.24, 2.45) is 0 Å². The Bertz CT molecular complexity index is 3410. The smallest absolute Gasteiger partial charge is 0.423 e. The largest absolute Gasteiger partial charge is 0.488 e. The van der Waals surface area contributed by atoms with E-state index in [0.29, 0.717) is 5.46 Å². The number of nitrogen functional groups attached to an aromatic ring is 3. The molecule has 0 aromatic heterocycles. The highest BCUT2D eigenvalue weighted by Crippen LogP contribution is 2.19. The lowest BCUT2D eigenvalue weighted by Crippen LogP contribution is -2.29. The van der Waals surface area contributed by atoms with Gasteiger partial charge in [-0.3, -0.25) is 0 Å². The molecule has 0 atom stereocenters. The molecular formula is C101H127BN4O2. The van der Waals surface area contributed by atoms with Gasteiger partial charge in [-0.25, -0.2) is 0 Å². The van der Waals surface area contributed by atoms with E-state index in [-0.39, 0.29) is 0 Å². The van der Waals surface area contributed by atoms with Crippen molar-refractivity contribution >= 4 is 35.3 Å². The zero-order valence-corrected chi connectivity index (χ0v) is 67.2. The molecule has 0 aliphatic carbocycles. The Morgan fingerprint density at radius 3 is 0.444 bits per heavy atom. The molecule has 0 saturated heterocycles. The van der Waals surface area contributed by atoms with Crippen molar-refractivity contribution in [2.45, 2.75) is 109 Å². The first-order valence-electron chi connectivity index (χ1n) is 37.7. The molecule has 0 aliphatic heterocycles. The van der Waals surface area contributed by atoms with Crippen molar-refractivity contribution in [1.82, 2.24) is 0 Å². The van der Waals surface area contributed by atoms with Gasteiger partial charge < -0.3 is 32.6 Å². The Balaban J connectivity index is 0. The fraction of sp³-hybridized carbons (Fsp3) is 0.168. The molecule has 108 heavy (non-hydrogen) atoms. The summed E-state index contributed by atoms with van der Waals surface area (Å²) in [5.74, 6) is 0. The zero-order valence-electron chi connectivity index (χ0n) is 67.2. The van der Waals surface area contributed by atoms with Crippen LogP contribution in [-0.4, -0.2) is 24.2 Å². The van der Waals surface area contributed by atoms with Gasteiger partial charge in [0.25, 0.3) is 0 Å². The van der Waals surface area contributed by atoms with Gasteiger partial charge in [-0.15, -0.1) is 0 Å². The maximum absolute atomic E-state index is 8.58. The van der Waals surface area contributed by atoms with Gasteiger partial charge in [0, 0.05) is 29.8 Å². The predicted molar refractivity (Wildman–Crippen MR) is 485 cm³/mol. The standard InChI is InChI=1S/3C12H10.C7H9N.3C7H8.C6H7BO2.3C6H7N.3C3H8.2C2H6/c3*1-3-7-11(8-4-1)12-9-5-2-6-10-12;1-8-7-5-3-2-4-6-7;3*1-7-5-3-2-4-6-7;8-7(9)6-4-2-1-3-5-6;3*7-6-4-2-1-3-5-6;3*1-3-2;2*1-2/h3*1-10H;2-6,8H,1H3;3*2-6H,1H3;1-5,8-9H;3*1-5H,7H2;3*3H2,1-2H3;2*1-2H3. The lowest BCUT2D eigenvalue weighted by atomic mass is 9.81. The molecule has 0 fully saturated rings. The van der Waals surface area contributed by atoms with Crippen molar-refractivity contribution in [3.63, 3.8) is 0 Å². The lowest BCUT2D eigenvalue weighted by molar-refractivity contribution is 0.426. The van der Waals surface area contributed by atoms with Gasteiger partial charge in [-0.05, 0) is 108 Å². The van der Waals surface area contributed by atoms with E-state index in [2.05, 4.69) is 250 Å². The highest BCUT2D eigenvalue weighted by atomic mass is 16.4. The number of rotatable bonds is 5. The second-order valence-corrected chi connectivity index (χ2v) is 22.9. The second-order valence-electron chi connectivity index (χ2n) is 22.9. The van der Waals surface area contributed by atoms with E-state index in [0.717, 1.165) is 22.7 Å². The summed E-state index contributed by atoms with van der Waals surface area (Å²) in [4.78, 5) is 0. The molecule has 0 saturated carbocycles. The van der Waals surface area contributed by atoms with Gasteiger partial charge in [0.1, 0.15) is 0 Å². The molecule has 0 bridgehead atoms.